The van der Waals surface area contributed by atoms with Gasteiger partial charge in [0, 0.05) is 39.6 Å². The van der Waals surface area contributed by atoms with Crippen molar-refractivity contribution in [2.24, 2.45) is 4.99 Å². The first-order valence-corrected chi connectivity index (χ1v) is 10.8. The molecule has 1 aromatic rings. The van der Waals surface area contributed by atoms with Gasteiger partial charge >= 0.3 is 0 Å². The molecule has 0 saturated heterocycles. The van der Waals surface area contributed by atoms with Gasteiger partial charge in [0.1, 0.15) is 0 Å². The summed E-state index contributed by atoms with van der Waals surface area (Å²) in [7, 11) is -1.26. The summed E-state index contributed by atoms with van der Waals surface area (Å²) in [6.45, 7) is 5.18. The lowest BCUT2D eigenvalue weighted by molar-refractivity contribution is 0.129. The largest absolute Gasteiger partial charge is 0.381 e. The molecule has 0 unspecified atom stereocenters. The molecule has 0 heterocycles. The van der Waals surface area contributed by atoms with E-state index in [2.05, 4.69) is 22.5 Å². The first kappa shape index (κ1) is 21.4. The lowest BCUT2D eigenvalue weighted by Crippen LogP contribution is -2.37. The molecule has 0 aliphatic rings. The fourth-order valence-electron chi connectivity index (χ4n) is 2.19. The molecule has 0 bridgehead atoms. The van der Waals surface area contributed by atoms with Crippen LogP contribution in [0.15, 0.2) is 29.3 Å². The second kappa shape index (κ2) is 11.9. The molecule has 142 valence electrons. The molecular formula is C18H31N3O3S. The Morgan fingerprint density at radius 3 is 2.32 bits per heavy atom. The average Bonchev–Trinajstić information content (AvgIpc) is 2.56. The minimum atomic E-state index is -3.00. The maximum Gasteiger partial charge on any atom is 0.191 e. The Morgan fingerprint density at radius 2 is 1.72 bits per heavy atom. The third kappa shape index (κ3) is 10.8. The summed E-state index contributed by atoms with van der Waals surface area (Å²) in [5.74, 6) is 0.818. The van der Waals surface area contributed by atoms with Gasteiger partial charge in [0.2, 0.25) is 0 Å². The number of benzene rings is 1. The summed E-state index contributed by atoms with van der Waals surface area (Å²) in [5, 5.41) is 6.50. The predicted molar refractivity (Wildman–Crippen MR) is 104 cm³/mol. The number of rotatable bonds is 11. The number of sulfone groups is 1. The van der Waals surface area contributed by atoms with Gasteiger partial charge in [-0.3, -0.25) is 4.99 Å². The van der Waals surface area contributed by atoms with Crippen LogP contribution in [0.2, 0.25) is 0 Å². The summed E-state index contributed by atoms with van der Waals surface area (Å²) in [5.41, 5.74) is 1.87. The van der Waals surface area contributed by atoms with E-state index in [0.29, 0.717) is 6.54 Å². The van der Waals surface area contributed by atoms with E-state index in [1.165, 1.54) is 6.26 Å². The van der Waals surface area contributed by atoms with Gasteiger partial charge in [-0.1, -0.05) is 37.6 Å². The summed E-state index contributed by atoms with van der Waals surface area (Å²) in [6.07, 6.45) is 4.45. The number of guanidine groups is 1. The highest BCUT2D eigenvalue weighted by molar-refractivity contribution is 7.89. The van der Waals surface area contributed by atoms with Crippen LogP contribution in [-0.4, -0.2) is 47.4 Å². The average molecular weight is 370 g/mol. The fourth-order valence-corrected chi connectivity index (χ4v) is 2.99. The minimum absolute atomic E-state index is 0.0737. The highest BCUT2D eigenvalue weighted by Gasteiger charge is 2.04. The van der Waals surface area contributed by atoms with E-state index in [1.54, 1.807) is 7.05 Å². The summed E-state index contributed by atoms with van der Waals surface area (Å²) in [6, 6.07) is 7.56. The van der Waals surface area contributed by atoms with Crippen molar-refractivity contribution >= 4 is 15.8 Å². The van der Waals surface area contributed by atoms with Crippen molar-refractivity contribution < 1.29 is 13.2 Å². The lowest BCUT2D eigenvalue weighted by atomic mass is 10.1. The molecule has 1 aromatic carbocycles. The van der Waals surface area contributed by atoms with Gasteiger partial charge in [-0.15, -0.1) is 0 Å². The van der Waals surface area contributed by atoms with Crippen LogP contribution in [0.4, 0.5) is 0 Å². The van der Waals surface area contributed by atoms with Crippen LogP contribution < -0.4 is 10.6 Å². The van der Waals surface area contributed by atoms with Gasteiger partial charge < -0.3 is 15.4 Å². The van der Waals surface area contributed by atoms with Gasteiger partial charge in [0.15, 0.2) is 15.8 Å². The SMILES string of the molecule is CCCCOCCCNC(=NC)NCc1ccc(CS(C)(=O)=O)cc1. The topological polar surface area (TPSA) is 79.8 Å². The van der Waals surface area contributed by atoms with Crippen molar-refractivity contribution in [2.45, 2.75) is 38.5 Å². The zero-order valence-electron chi connectivity index (χ0n) is 15.5. The molecule has 0 aromatic heterocycles. The smallest absolute Gasteiger partial charge is 0.191 e. The molecule has 0 atom stereocenters. The van der Waals surface area contributed by atoms with Crippen molar-refractivity contribution in [3.8, 4) is 0 Å². The van der Waals surface area contributed by atoms with Crippen LogP contribution in [0.3, 0.4) is 0 Å². The number of aliphatic imine (C=N–C) groups is 1. The van der Waals surface area contributed by atoms with Gasteiger partial charge in [-0.25, -0.2) is 8.42 Å². The van der Waals surface area contributed by atoms with Crippen LogP contribution in [-0.2, 0) is 26.9 Å². The standard InChI is InChI=1S/C18H31N3O3S/c1-4-5-12-24-13-6-11-20-18(19-2)21-14-16-7-9-17(10-8-16)15-25(3,22)23/h7-10H,4-6,11-15H2,1-3H3,(H2,19,20,21). The Balaban J connectivity index is 2.28. The number of unbranched alkanes of at least 4 members (excludes halogenated alkanes) is 1. The first-order valence-electron chi connectivity index (χ1n) is 8.72. The molecule has 0 radical (unpaired) electrons. The van der Waals surface area contributed by atoms with Crippen LogP contribution in [0.1, 0.15) is 37.3 Å². The molecule has 6 nitrogen and oxygen atoms in total. The second-order valence-electron chi connectivity index (χ2n) is 6.06. The second-order valence-corrected chi connectivity index (χ2v) is 8.20. The quantitative estimate of drug-likeness (QED) is 0.355. The van der Waals surface area contributed by atoms with E-state index in [1.807, 2.05) is 24.3 Å². The summed E-state index contributed by atoms with van der Waals surface area (Å²) < 4.78 is 28.1. The molecule has 0 fully saturated rings. The maximum absolute atomic E-state index is 11.3. The number of nitrogens with zero attached hydrogens (tertiary/aromatic N) is 1. The summed E-state index contributed by atoms with van der Waals surface area (Å²) in [4.78, 5) is 4.19. The molecule has 0 aliphatic carbocycles. The highest BCUT2D eigenvalue weighted by atomic mass is 32.2. The third-order valence-corrected chi connectivity index (χ3v) is 4.39. The zero-order valence-corrected chi connectivity index (χ0v) is 16.4. The Kier molecular flexibility index (Phi) is 10.2. The molecule has 0 aliphatic heterocycles. The fraction of sp³-hybridized carbons (Fsp3) is 0.611. The number of ether oxygens (including phenoxy) is 1. The zero-order chi connectivity index (χ0) is 18.5. The molecule has 0 amide bonds. The molecular weight excluding hydrogens is 338 g/mol. The lowest BCUT2D eigenvalue weighted by Gasteiger charge is -2.12. The minimum Gasteiger partial charge on any atom is -0.381 e. The first-order chi connectivity index (χ1) is 11.9. The van der Waals surface area contributed by atoms with E-state index in [4.69, 9.17) is 4.74 Å². The van der Waals surface area contributed by atoms with E-state index in [-0.39, 0.29) is 5.75 Å². The van der Waals surface area contributed by atoms with Crippen LogP contribution >= 0.6 is 0 Å². The van der Waals surface area contributed by atoms with Crippen LogP contribution in [0.5, 0.6) is 0 Å². The Morgan fingerprint density at radius 1 is 1.08 bits per heavy atom. The van der Waals surface area contributed by atoms with Crippen LogP contribution in [0, 0.1) is 0 Å². The van der Waals surface area contributed by atoms with Gasteiger partial charge in [0.25, 0.3) is 0 Å². The third-order valence-electron chi connectivity index (χ3n) is 3.54. The molecule has 1 rings (SSSR count). The predicted octanol–water partition coefficient (Wildman–Crippen LogP) is 2.10. The monoisotopic (exact) mass is 369 g/mol. The molecule has 25 heavy (non-hydrogen) atoms. The van der Waals surface area contributed by atoms with Gasteiger partial charge in [0.05, 0.1) is 5.75 Å². The number of hydrogen-bond acceptors (Lipinski definition) is 4. The van der Waals surface area contributed by atoms with Crippen molar-refractivity contribution in [2.75, 3.05) is 33.1 Å². The molecule has 0 saturated carbocycles. The molecule has 0 spiro atoms. The van der Waals surface area contributed by atoms with Crippen molar-refractivity contribution in [3.05, 3.63) is 35.4 Å². The van der Waals surface area contributed by atoms with Crippen molar-refractivity contribution in [1.29, 1.82) is 0 Å². The molecule has 7 heteroatoms. The van der Waals surface area contributed by atoms with Gasteiger partial charge in [-0.2, -0.15) is 0 Å². The Bertz CT molecular complexity index is 613. The van der Waals surface area contributed by atoms with Crippen molar-refractivity contribution in [3.63, 3.8) is 0 Å². The summed E-state index contributed by atoms with van der Waals surface area (Å²) >= 11 is 0. The Hall–Kier alpha value is -1.60. The number of nitrogens with one attached hydrogen (secondary N) is 2. The number of hydrogen-bond donors (Lipinski definition) is 2. The van der Waals surface area contributed by atoms with E-state index < -0.39 is 9.84 Å². The normalized spacial score (nSPS) is 12.2. The van der Waals surface area contributed by atoms with Crippen molar-refractivity contribution in [1.82, 2.24) is 10.6 Å². The van der Waals surface area contributed by atoms with E-state index in [0.717, 1.165) is 56.1 Å². The van der Waals surface area contributed by atoms with E-state index >= 15 is 0 Å². The van der Waals surface area contributed by atoms with Gasteiger partial charge in [-0.05, 0) is 24.0 Å². The van der Waals surface area contributed by atoms with E-state index in [9.17, 15) is 8.42 Å². The Labute approximate surface area is 152 Å². The van der Waals surface area contributed by atoms with Crippen LogP contribution in [0.25, 0.3) is 0 Å². The highest BCUT2D eigenvalue weighted by Crippen LogP contribution is 2.07. The maximum atomic E-state index is 11.3. The molecule has 2 N–H and O–H groups in total.